The van der Waals surface area contributed by atoms with E-state index in [0.29, 0.717) is 5.71 Å². The summed E-state index contributed by atoms with van der Waals surface area (Å²) in [5.41, 5.74) is 11.3. The topological polar surface area (TPSA) is 74.6 Å². The highest BCUT2D eigenvalue weighted by Crippen LogP contribution is 2.46. The highest BCUT2D eigenvalue weighted by Gasteiger charge is 2.26. The van der Waals surface area contributed by atoms with Gasteiger partial charge in [0.25, 0.3) is 0 Å². The molecule has 0 amide bonds. The third-order valence-corrected chi connectivity index (χ3v) is 22.5. The van der Waals surface area contributed by atoms with Gasteiger partial charge in [-0.15, -0.1) is 34.0 Å². The van der Waals surface area contributed by atoms with Crippen LogP contribution in [0.4, 0.5) is 0 Å². The summed E-state index contributed by atoms with van der Waals surface area (Å²) in [5.74, 6) is 1.61. The zero-order chi connectivity index (χ0) is 61.3. The van der Waals surface area contributed by atoms with Gasteiger partial charge in [-0.05, 0) is 123 Å². The Balaban J connectivity index is 0.000000126. The Hall–Kier alpha value is -11.7. The molecule has 0 saturated carbocycles. The number of thiophene rings is 3. The van der Waals surface area contributed by atoms with Crippen molar-refractivity contribution >= 4 is 204 Å². The molecule has 0 aliphatic carbocycles. The summed E-state index contributed by atoms with van der Waals surface area (Å²) < 4.78 is 17.4. The van der Waals surface area contributed by atoms with Crippen LogP contribution in [0.15, 0.2) is 283 Å². The lowest BCUT2D eigenvalue weighted by Crippen LogP contribution is -2.03. The first-order valence-electron chi connectivity index (χ1n) is 31.5. The second-order valence-electron chi connectivity index (χ2n) is 24.4. The van der Waals surface area contributed by atoms with Crippen molar-refractivity contribution < 1.29 is 4.42 Å². The SMILES string of the molecule is c1ccc2cc3c(cc2c1)c1c2ccccc2ccc1n3-c1nc2sc3ccccc3c2nc1-c1ccc2sc3ccccc3c2c1.c1ccc2cc3c(cc2c1)c1ccc2ccccc2c1n3-c1nc2oc3ccccc3c2nc1-c1ccc2sc3ccccc3c2c1. The first-order chi connectivity index (χ1) is 46.6. The van der Waals surface area contributed by atoms with E-state index in [9.17, 15) is 0 Å². The van der Waals surface area contributed by atoms with Crippen molar-refractivity contribution in [2.45, 2.75) is 0 Å². The van der Waals surface area contributed by atoms with Gasteiger partial charge in [0.05, 0.1) is 22.1 Å². The van der Waals surface area contributed by atoms with Crippen molar-refractivity contribution in [3.8, 4) is 34.2 Å². The van der Waals surface area contributed by atoms with Gasteiger partial charge in [0.1, 0.15) is 32.8 Å². The molecule has 0 unspecified atom stereocenters. The van der Waals surface area contributed by atoms with Gasteiger partial charge in [-0.1, -0.05) is 194 Å². The van der Waals surface area contributed by atoms with E-state index < -0.39 is 0 Å². The lowest BCUT2D eigenvalue weighted by atomic mass is 10.0. The molecule has 8 aromatic heterocycles. The van der Waals surface area contributed by atoms with Crippen LogP contribution in [0.3, 0.4) is 0 Å². The molecule has 0 aliphatic heterocycles. The molecule has 22 rings (SSSR count). The molecule has 0 saturated heterocycles. The summed E-state index contributed by atoms with van der Waals surface area (Å²) in [5, 5.41) is 21.6. The van der Waals surface area contributed by atoms with Crippen LogP contribution < -0.4 is 0 Å². The lowest BCUT2D eigenvalue weighted by Gasteiger charge is -2.14. The average molecular weight is 1250 g/mol. The van der Waals surface area contributed by atoms with Crippen LogP contribution in [0.5, 0.6) is 0 Å². The maximum Gasteiger partial charge on any atom is 0.248 e. The fourth-order valence-electron chi connectivity index (χ4n) is 14.9. The smallest absolute Gasteiger partial charge is 0.248 e. The molecule has 94 heavy (non-hydrogen) atoms. The Morgan fingerprint density at radius 1 is 0.277 bits per heavy atom. The van der Waals surface area contributed by atoms with E-state index in [0.717, 1.165) is 88.4 Å². The van der Waals surface area contributed by atoms with Crippen molar-refractivity contribution in [2.75, 3.05) is 0 Å². The number of hydrogen-bond acceptors (Lipinski definition) is 8. The minimum Gasteiger partial charge on any atom is -0.436 e. The van der Waals surface area contributed by atoms with Crippen molar-refractivity contribution in [3.05, 3.63) is 279 Å². The average Bonchev–Trinajstić information content (AvgIpc) is 1.56. The van der Waals surface area contributed by atoms with Crippen LogP contribution in [-0.2, 0) is 0 Å². The van der Waals surface area contributed by atoms with Crippen LogP contribution >= 0.6 is 34.0 Å². The Morgan fingerprint density at radius 2 is 0.755 bits per heavy atom. The molecule has 10 heteroatoms. The van der Waals surface area contributed by atoms with Gasteiger partial charge in [0, 0.05) is 93.9 Å². The Morgan fingerprint density at radius 3 is 1.41 bits per heavy atom. The third kappa shape index (κ3) is 7.70. The summed E-state index contributed by atoms with van der Waals surface area (Å²) in [6, 6.07) is 100. The van der Waals surface area contributed by atoms with Crippen LogP contribution in [0.2, 0.25) is 0 Å². The molecule has 0 spiro atoms. The number of rotatable bonds is 4. The van der Waals surface area contributed by atoms with E-state index in [4.69, 9.17) is 24.4 Å². The molecule has 14 aromatic carbocycles. The first kappa shape index (κ1) is 52.0. The van der Waals surface area contributed by atoms with Crippen LogP contribution in [0.1, 0.15) is 0 Å². The van der Waals surface area contributed by atoms with Crippen molar-refractivity contribution in [1.82, 2.24) is 29.1 Å². The Bertz CT molecular complexity index is 7000. The van der Waals surface area contributed by atoms with Gasteiger partial charge in [-0.3, -0.25) is 9.13 Å². The fourth-order valence-corrected chi connectivity index (χ4v) is 18.0. The molecule has 0 fully saturated rings. The van der Waals surface area contributed by atoms with E-state index in [2.05, 4.69) is 270 Å². The van der Waals surface area contributed by atoms with Gasteiger partial charge < -0.3 is 4.42 Å². The fraction of sp³-hybridized carbons (Fsp3) is 0. The van der Waals surface area contributed by atoms with Gasteiger partial charge in [-0.2, -0.15) is 4.98 Å². The zero-order valence-corrected chi connectivity index (χ0v) is 52.3. The van der Waals surface area contributed by atoms with E-state index >= 15 is 0 Å². The Labute approximate surface area is 546 Å². The predicted molar refractivity (Wildman–Crippen MR) is 400 cm³/mol. The van der Waals surface area contributed by atoms with Crippen LogP contribution in [0.25, 0.3) is 204 Å². The molecule has 0 radical (unpaired) electrons. The summed E-state index contributed by atoms with van der Waals surface area (Å²) in [6.45, 7) is 0. The predicted octanol–water partition coefficient (Wildman–Crippen LogP) is 24.1. The van der Waals surface area contributed by atoms with Crippen LogP contribution in [0, 0.1) is 0 Å². The monoisotopic (exact) mass is 1250 g/mol. The number of furan rings is 1. The molecule has 436 valence electrons. The first-order valence-corrected chi connectivity index (χ1v) is 33.9. The molecule has 0 aliphatic rings. The Kier molecular flexibility index (Phi) is 11.0. The summed E-state index contributed by atoms with van der Waals surface area (Å²) in [6.07, 6.45) is 0. The molecule has 0 N–H and O–H groups in total. The molecule has 0 bridgehead atoms. The highest BCUT2D eigenvalue weighted by molar-refractivity contribution is 7.26. The largest absolute Gasteiger partial charge is 0.436 e. The van der Waals surface area contributed by atoms with E-state index in [1.807, 2.05) is 40.9 Å². The van der Waals surface area contributed by atoms with Crippen molar-refractivity contribution in [2.24, 2.45) is 0 Å². The number of benzene rings is 14. The minimum atomic E-state index is 0.531. The highest BCUT2D eigenvalue weighted by atomic mass is 32.1. The standard InChI is InChI=1S/C42H23N3OS.C42H23N3S2/c1-2-11-26-23-34-32(21-25(26)10-1)30-19-17-24-9-3-4-12-28(24)40(30)45(34)41-38(43-39-31-14-5-7-15-35(31)46-42(39)44-41)27-18-20-37-33(22-27)29-13-6-8-16-36(29)47-37;1-2-11-26-23-34-32(21-25(26)10-1)38-28-12-4-3-9-24(28)17-19-33(38)45(34)41-39(43-40-30-14-6-8-16-36(30)47-42(40)44-41)27-18-20-37-31(22-27)29-13-5-7-15-35(29)46-37/h2*1-23H. The quantitative estimate of drug-likeness (QED) is 0.176. The maximum atomic E-state index is 6.39. The second-order valence-corrected chi connectivity index (χ2v) is 27.6. The summed E-state index contributed by atoms with van der Waals surface area (Å²) >= 11 is 5.38. The molecule has 7 nitrogen and oxygen atoms in total. The van der Waals surface area contributed by atoms with Gasteiger partial charge >= 0.3 is 0 Å². The summed E-state index contributed by atoms with van der Waals surface area (Å²) in [7, 11) is 0. The molecular weight excluding hydrogens is 1210 g/mol. The molecule has 0 atom stereocenters. The van der Waals surface area contributed by atoms with Gasteiger partial charge in [-0.25, -0.2) is 15.0 Å². The van der Waals surface area contributed by atoms with E-state index in [-0.39, 0.29) is 0 Å². The van der Waals surface area contributed by atoms with E-state index in [1.54, 1.807) is 11.3 Å². The molecular formula is C84H46N6OS3. The van der Waals surface area contributed by atoms with E-state index in [1.165, 1.54) is 110 Å². The molecule has 8 heterocycles. The summed E-state index contributed by atoms with van der Waals surface area (Å²) in [4.78, 5) is 22.8. The maximum absolute atomic E-state index is 6.39. The number of nitrogens with zero attached hydrogens (tertiary/aromatic N) is 6. The van der Waals surface area contributed by atoms with Crippen molar-refractivity contribution in [3.63, 3.8) is 0 Å². The van der Waals surface area contributed by atoms with Gasteiger partial charge in [0.15, 0.2) is 11.6 Å². The lowest BCUT2D eigenvalue weighted by molar-refractivity contribution is 0.652. The normalized spacial score (nSPS) is 12.3. The number of fused-ring (bicyclic) bond motifs is 24. The number of hydrogen-bond donors (Lipinski definition) is 0. The minimum absolute atomic E-state index is 0.531. The zero-order valence-electron chi connectivity index (χ0n) is 49.9. The van der Waals surface area contributed by atoms with Crippen molar-refractivity contribution in [1.29, 1.82) is 0 Å². The third-order valence-electron chi connectivity index (χ3n) is 19.2. The van der Waals surface area contributed by atoms with Gasteiger partial charge in [0.2, 0.25) is 5.71 Å². The number of aromatic nitrogens is 6. The molecule has 22 aromatic rings. The second kappa shape index (κ2) is 19.9. The number of para-hydroxylation sites is 1. The van der Waals surface area contributed by atoms with Crippen LogP contribution in [-0.4, -0.2) is 29.1 Å².